The molecule has 2 saturated heterocycles. The van der Waals surface area contributed by atoms with Gasteiger partial charge in [0.1, 0.15) is 5.76 Å². The van der Waals surface area contributed by atoms with Crippen molar-refractivity contribution in [2.45, 2.75) is 10.9 Å². The normalized spacial score (nSPS) is 20.1. The summed E-state index contributed by atoms with van der Waals surface area (Å²) in [4.78, 5) is 27.5. The van der Waals surface area contributed by atoms with Crippen molar-refractivity contribution < 1.29 is 42.1 Å². The summed E-state index contributed by atoms with van der Waals surface area (Å²) >= 11 is 0. The van der Waals surface area contributed by atoms with Gasteiger partial charge in [0.25, 0.3) is 11.7 Å². The van der Waals surface area contributed by atoms with Gasteiger partial charge in [0.05, 0.1) is 50.6 Å². The number of likely N-dealkylation sites (tertiary alicyclic amines) is 1. The summed E-state index contributed by atoms with van der Waals surface area (Å²) in [7, 11) is 0.697. The Balaban J connectivity index is 1.77. The molecule has 2 aliphatic heterocycles. The number of rotatable bonds is 9. The maximum absolute atomic E-state index is 13.2. The number of morpholine rings is 1. The Kier molecular flexibility index (Phi) is 8.36. The molecule has 38 heavy (non-hydrogen) atoms. The molecule has 1 atom stereocenters. The van der Waals surface area contributed by atoms with Crippen molar-refractivity contribution in [3.05, 3.63) is 59.2 Å². The van der Waals surface area contributed by atoms with Crippen LogP contribution >= 0.6 is 0 Å². The number of methoxy groups -OCH3 is 3. The summed E-state index contributed by atoms with van der Waals surface area (Å²) in [5.41, 5.74) is 0.592. The molecule has 12 heteroatoms. The molecule has 11 nitrogen and oxygen atoms in total. The maximum Gasteiger partial charge on any atom is 0.295 e. The predicted octanol–water partition coefficient (Wildman–Crippen LogP) is 1.79. The van der Waals surface area contributed by atoms with Crippen LogP contribution in [-0.2, 0) is 29.1 Å². The van der Waals surface area contributed by atoms with Gasteiger partial charge >= 0.3 is 0 Å². The highest BCUT2D eigenvalue weighted by Gasteiger charge is 2.46. The molecule has 1 N–H and O–H groups in total. The number of ketones is 1. The number of sulfonamides is 1. The molecule has 2 heterocycles. The molecule has 1 amide bonds. The van der Waals surface area contributed by atoms with Gasteiger partial charge in [-0.3, -0.25) is 9.59 Å². The summed E-state index contributed by atoms with van der Waals surface area (Å²) in [6, 6.07) is 9.60. The van der Waals surface area contributed by atoms with E-state index in [2.05, 4.69) is 0 Å². The number of nitrogens with zero attached hydrogens (tertiary/aromatic N) is 2. The van der Waals surface area contributed by atoms with Gasteiger partial charge in [0.2, 0.25) is 10.0 Å². The Morgan fingerprint density at radius 3 is 2.26 bits per heavy atom. The van der Waals surface area contributed by atoms with Gasteiger partial charge in [-0.15, -0.1) is 0 Å². The van der Waals surface area contributed by atoms with Crippen molar-refractivity contribution >= 4 is 27.5 Å². The third-order valence-electron chi connectivity index (χ3n) is 6.54. The number of aliphatic hydroxyl groups is 1. The first kappa shape index (κ1) is 27.6. The van der Waals surface area contributed by atoms with Crippen LogP contribution < -0.4 is 9.47 Å². The molecule has 0 bridgehead atoms. The van der Waals surface area contributed by atoms with E-state index >= 15 is 0 Å². The topological polar surface area (TPSA) is 132 Å². The lowest BCUT2D eigenvalue weighted by Crippen LogP contribution is -2.40. The summed E-state index contributed by atoms with van der Waals surface area (Å²) in [5.74, 6) is -1.21. The zero-order valence-corrected chi connectivity index (χ0v) is 22.2. The monoisotopic (exact) mass is 546 g/mol. The Labute approximate surface area is 221 Å². The molecule has 2 aliphatic rings. The van der Waals surface area contributed by atoms with Crippen LogP contribution in [0.15, 0.2) is 52.9 Å². The van der Waals surface area contributed by atoms with Crippen molar-refractivity contribution in [3.8, 4) is 11.5 Å². The summed E-state index contributed by atoms with van der Waals surface area (Å²) < 4.78 is 48.3. The third kappa shape index (κ3) is 5.12. The van der Waals surface area contributed by atoms with E-state index in [1.165, 1.54) is 54.8 Å². The maximum atomic E-state index is 13.2. The van der Waals surface area contributed by atoms with E-state index in [0.29, 0.717) is 30.3 Å². The quantitative estimate of drug-likeness (QED) is 0.284. The summed E-state index contributed by atoms with van der Waals surface area (Å²) in [5, 5.41) is 11.3. The van der Waals surface area contributed by atoms with Crippen molar-refractivity contribution in [1.82, 2.24) is 9.21 Å². The molecule has 0 aromatic heterocycles. The van der Waals surface area contributed by atoms with Gasteiger partial charge in [0.15, 0.2) is 11.5 Å². The highest BCUT2D eigenvalue weighted by molar-refractivity contribution is 7.89. The fourth-order valence-corrected chi connectivity index (χ4v) is 5.95. The molecule has 2 aromatic rings. The van der Waals surface area contributed by atoms with Crippen LogP contribution in [0.1, 0.15) is 17.2 Å². The highest BCUT2D eigenvalue weighted by Crippen LogP contribution is 2.42. The van der Waals surface area contributed by atoms with Crippen molar-refractivity contribution in [2.75, 3.05) is 60.8 Å². The molecule has 0 aliphatic carbocycles. The lowest BCUT2D eigenvalue weighted by Gasteiger charge is -2.26. The summed E-state index contributed by atoms with van der Waals surface area (Å²) in [6.07, 6.45) is 0. The largest absolute Gasteiger partial charge is 0.507 e. The number of Topliss-reactive ketones (excluding diaryl/α,β-unsaturated/α-hetero) is 1. The SMILES string of the molecule is COCCN1C(=O)C(=O)C(=C(O)c2ccc(S(=O)(=O)N3CCOCC3)cc2)[C@@H]1c1ccc(OC)c(OC)c1. The Bertz CT molecular complexity index is 1330. The molecule has 2 fully saturated rings. The van der Waals surface area contributed by atoms with Crippen molar-refractivity contribution in [2.24, 2.45) is 0 Å². The van der Waals surface area contributed by atoms with Crippen LogP contribution in [0.25, 0.3) is 5.76 Å². The molecule has 0 radical (unpaired) electrons. The number of hydrogen-bond acceptors (Lipinski definition) is 9. The molecule has 2 aromatic carbocycles. The van der Waals surface area contributed by atoms with Crippen LogP contribution in [0.2, 0.25) is 0 Å². The van der Waals surface area contributed by atoms with Crippen LogP contribution in [-0.4, -0.2) is 95.2 Å². The van der Waals surface area contributed by atoms with Crippen LogP contribution in [0.4, 0.5) is 0 Å². The molecule has 4 rings (SSSR count). The number of benzene rings is 2. The van der Waals surface area contributed by atoms with Gasteiger partial charge in [-0.25, -0.2) is 8.42 Å². The zero-order chi connectivity index (χ0) is 27.4. The molecule has 0 unspecified atom stereocenters. The first-order valence-corrected chi connectivity index (χ1v) is 13.4. The second kappa shape index (κ2) is 11.5. The molecule has 0 spiro atoms. The fourth-order valence-electron chi connectivity index (χ4n) is 4.55. The van der Waals surface area contributed by atoms with Gasteiger partial charge in [-0.2, -0.15) is 4.31 Å². The van der Waals surface area contributed by atoms with Gasteiger partial charge in [0, 0.05) is 32.3 Å². The zero-order valence-electron chi connectivity index (χ0n) is 21.4. The van der Waals surface area contributed by atoms with Gasteiger partial charge in [-0.1, -0.05) is 6.07 Å². The standard InChI is InChI=1S/C26H30N2O9S/c1-34-13-12-28-23(18-6-9-20(35-2)21(16-18)36-3)22(25(30)26(28)31)24(29)17-4-7-19(8-5-17)38(32,33)27-10-14-37-15-11-27/h4-9,16,23,29H,10-15H2,1-3H3/t23-/m0/s1. The van der Waals surface area contributed by atoms with Gasteiger partial charge < -0.3 is 29.0 Å². The first-order chi connectivity index (χ1) is 18.2. The van der Waals surface area contributed by atoms with E-state index in [1.807, 2.05) is 0 Å². The van der Waals surface area contributed by atoms with Crippen molar-refractivity contribution in [3.63, 3.8) is 0 Å². The Morgan fingerprint density at radius 2 is 1.66 bits per heavy atom. The number of ether oxygens (including phenoxy) is 4. The molecular weight excluding hydrogens is 516 g/mol. The second-order valence-electron chi connectivity index (χ2n) is 8.64. The van der Waals surface area contributed by atoms with Gasteiger partial charge in [-0.05, 0) is 42.0 Å². The van der Waals surface area contributed by atoms with E-state index < -0.39 is 33.5 Å². The van der Waals surface area contributed by atoms with E-state index in [0.717, 1.165) is 0 Å². The molecule has 204 valence electrons. The average Bonchev–Trinajstić information content (AvgIpc) is 3.20. The Hall–Kier alpha value is -3.45. The number of aliphatic hydroxyl groups excluding tert-OH is 1. The van der Waals surface area contributed by atoms with E-state index in [9.17, 15) is 23.1 Å². The molecule has 0 saturated carbocycles. The fraction of sp³-hybridized carbons (Fsp3) is 0.385. The van der Waals surface area contributed by atoms with E-state index in [4.69, 9.17) is 18.9 Å². The Morgan fingerprint density at radius 1 is 1.00 bits per heavy atom. The number of amides is 1. The molecular formula is C26H30N2O9S. The lowest BCUT2D eigenvalue weighted by atomic mass is 9.95. The second-order valence-corrected chi connectivity index (χ2v) is 10.6. The summed E-state index contributed by atoms with van der Waals surface area (Å²) in [6.45, 7) is 1.41. The number of carbonyl (C=O) groups excluding carboxylic acids is 2. The minimum Gasteiger partial charge on any atom is -0.507 e. The van der Waals surface area contributed by atoms with Crippen LogP contribution in [0.3, 0.4) is 0 Å². The van der Waals surface area contributed by atoms with Crippen molar-refractivity contribution in [1.29, 1.82) is 0 Å². The van der Waals surface area contributed by atoms with E-state index in [-0.39, 0.29) is 42.3 Å². The van der Waals surface area contributed by atoms with Crippen LogP contribution in [0.5, 0.6) is 11.5 Å². The number of carbonyl (C=O) groups is 2. The third-order valence-corrected chi connectivity index (χ3v) is 8.45. The average molecular weight is 547 g/mol. The predicted molar refractivity (Wildman–Crippen MR) is 136 cm³/mol. The number of hydrogen-bond donors (Lipinski definition) is 1. The minimum atomic E-state index is -3.74. The minimum absolute atomic E-state index is 0.0490. The van der Waals surface area contributed by atoms with Crippen LogP contribution in [0, 0.1) is 0 Å². The smallest absolute Gasteiger partial charge is 0.295 e. The lowest BCUT2D eigenvalue weighted by molar-refractivity contribution is -0.140. The van der Waals surface area contributed by atoms with E-state index in [1.54, 1.807) is 18.2 Å². The first-order valence-electron chi connectivity index (χ1n) is 11.9. The highest BCUT2D eigenvalue weighted by atomic mass is 32.2.